The maximum Gasteiger partial charge on any atom is 0.231 e. The Balaban J connectivity index is 1.59. The molecule has 0 saturated carbocycles. The molecule has 0 amide bonds. The van der Waals surface area contributed by atoms with Gasteiger partial charge in [0.2, 0.25) is 13.6 Å². The third-order valence-electron chi connectivity index (χ3n) is 6.46. The van der Waals surface area contributed by atoms with Gasteiger partial charge in [-0.05, 0) is 48.9 Å². The van der Waals surface area contributed by atoms with E-state index in [9.17, 15) is 4.79 Å². The second kappa shape index (κ2) is 4.95. The first-order valence-corrected chi connectivity index (χ1v) is 9.15. The van der Waals surface area contributed by atoms with Gasteiger partial charge >= 0.3 is 0 Å². The zero-order chi connectivity index (χ0) is 18.3. The Morgan fingerprint density at radius 1 is 1.04 bits per heavy atom. The lowest BCUT2D eigenvalue weighted by Gasteiger charge is -2.50. The first-order chi connectivity index (χ1) is 13.1. The Morgan fingerprint density at radius 2 is 1.78 bits per heavy atom. The Morgan fingerprint density at radius 3 is 2.63 bits per heavy atom. The number of benzene rings is 2. The van der Waals surface area contributed by atoms with Crippen molar-refractivity contribution < 1.29 is 23.7 Å². The van der Waals surface area contributed by atoms with E-state index >= 15 is 0 Å². The van der Waals surface area contributed by atoms with Crippen molar-refractivity contribution in [2.75, 3.05) is 20.6 Å². The summed E-state index contributed by atoms with van der Waals surface area (Å²) in [5.74, 6) is 3.24. The maximum atomic E-state index is 13.5. The number of carbonyl (C=O) groups excluding carboxylic acids is 1. The van der Waals surface area contributed by atoms with Gasteiger partial charge in [0, 0.05) is 18.5 Å². The van der Waals surface area contributed by atoms with Gasteiger partial charge in [-0.2, -0.15) is 0 Å². The van der Waals surface area contributed by atoms with Gasteiger partial charge in [-0.15, -0.1) is 0 Å². The van der Waals surface area contributed by atoms with Crippen molar-refractivity contribution in [1.29, 1.82) is 0 Å². The van der Waals surface area contributed by atoms with Gasteiger partial charge in [-0.3, -0.25) is 9.69 Å². The summed E-state index contributed by atoms with van der Waals surface area (Å²) in [5.41, 5.74) is 3.63. The highest BCUT2D eigenvalue weighted by atomic mass is 16.7. The summed E-state index contributed by atoms with van der Waals surface area (Å²) in [5, 5.41) is 0. The van der Waals surface area contributed by atoms with Crippen LogP contribution in [0.15, 0.2) is 24.3 Å². The largest absolute Gasteiger partial charge is 0.454 e. The van der Waals surface area contributed by atoms with E-state index in [0.29, 0.717) is 13.0 Å². The Bertz CT molecular complexity index is 1020. The molecule has 6 nitrogen and oxygen atoms in total. The summed E-state index contributed by atoms with van der Waals surface area (Å²) in [6, 6.07) is 7.94. The fourth-order valence-electron chi connectivity index (χ4n) is 5.22. The van der Waals surface area contributed by atoms with Crippen LogP contribution < -0.4 is 18.9 Å². The lowest BCUT2D eigenvalue weighted by molar-refractivity contribution is -0.127. The molecule has 2 aromatic carbocycles. The van der Waals surface area contributed by atoms with Crippen molar-refractivity contribution in [2.24, 2.45) is 0 Å². The normalized spacial score (nSPS) is 27.2. The van der Waals surface area contributed by atoms with E-state index in [0.717, 1.165) is 45.3 Å². The van der Waals surface area contributed by atoms with Gasteiger partial charge in [0.25, 0.3) is 0 Å². The monoisotopic (exact) mass is 365 g/mol. The van der Waals surface area contributed by atoms with Crippen LogP contribution in [0, 0.1) is 0 Å². The molecule has 27 heavy (non-hydrogen) atoms. The van der Waals surface area contributed by atoms with Crippen LogP contribution in [-0.2, 0) is 23.2 Å². The van der Waals surface area contributed by atoms with E-state index < -0.39 is 5.41 Å². The molecule has 0 N–H and O–H groups in total. The molecule has 0 fully saturated rings. The molecule has 2 unspecified atom stereocenters. The molecule has 0 saturated heterocycles. The molecule has 138 valence electrons. The van der Waals surface area contributed by atoms with E-state index in [1.54, 1.807) is 0 Å². The van der Waals surface area contributed by atoms with Gasteiger partial charge in [0.05, 0.1) is 11.5 Å². The molecule has 0 radical (unpaired) electrons. The quantitative estimate of drug-likeness (QED) is 0.716. The highest BCUT2D eigenvalue weighted by Crippen LogP contribution is 2.55. The number of Topliss-reactive ketones (excluding diaryl/α,β-unsaturated/α-hetero) is 1. The number of hydrogen-bond acceptors (Lipinski definition) is 6. The minimum Gasteiger partial charge on any atom is -0.454 e. The summed E-state index contributed by atoms with van der Waals surface area (Å²) in [6.45, 7) is 3.22. The second-order valence-electron chi connectivity index (χ2n) is 7.85. The van der Waals surface area contributed by atoms with Gasteiger partial charge in [-0.25, -0.2) is 0 Å². The van der Waals surface area contributed by atoms with E-state index in [-0.39, 0.29) is 25.4 Å². The Kier molecular flexibility index (Phi) is 2.81. The number of rotatable bonds is 0. The van der Waals surface area contributed by atoms with E-state index in [1.165, 1.54) is 0 Å². The van der Waals surface area contributed by atoms with Crippen LogP contribution in [0.2, 0.25) is 0 Å². The SMILES string of the molecule is CN1Cc2c(ccc3c2OCO3)C2(C)C(=O)Cc3cc4c(cc3C12)OCO4. The zero-order valence-corrected chi connectivity index (χ0v) is 15.2. The van der Waals surface area contributed by atoms with E-state index in [2.05, 4.69) is 24.9 Å². The highest BCUT2D eigenvalue weighted by molar-refractivity contribution is 5.96. The van der Waals surface area contributed by atoms with Crippen molar-refractivity contribution in [3.8, 4) is 23.0 Å². The predicted molar refractivity (Wildman–Crippen MR) is 95.4 cm³/mol. The van der Waals surface area contributed by atoms with Crippen molar-refractivity contribution in [3.63, 3.8) is 0 Å². The second-order valence-corrected chi connectivity index (χ2v) is 7.85. The molecule has 0 bridgehead atoms. The highest BCUT2D eigenvalue weighted by Gasteiger charge is 2.53. The van der Waals surface area contributed by atoms with Crippen LogP contribution in [0.3, 0.4) is 0 Å². The summed E-state index contributed by atoms with van der Waals surface area (Å²) in [4.78, 5) is 15.7. The predicted octanol–water partition coefficient (Wildman–Crippen LogP) is 2.71. The molecule has 3 aliphatic heterocycles. The van der Waals surface area contributed by atoms with Crippen LogP contribution in [0.25, 0.3) is 0 Å². The topological polar surface area (TPSA) is 57.2 Å². The molecule has 6 heteroatoms. The van der Waals surface area contributed by atoms with Crippen LogP contribution in [-0.4, -0.2) is 31.3 Å². The average molecular weight is 365 g/mol. The number of carbonyl (C=O) groups is 1. The van der Waals surface area contributed by atoms with Gasteiger partial charge in [-0.1, -0.05) is 6.07 Å². The molecular weight excluding hydrogens is 346 g/mol. The molecule has 2 aromatic rings. The molecule has 1 aliphatic carbocycles. The Labute approximate surface area is 156 Å². The number of fused-ring (bicyclic) bond motifs is 8. The number of likely N-dealkylation sites (N-methyl/N-ethyl adjacent to an activating group) is 1. The first-order valence-electron chi connectivity index (χ1n) is 9.15. The van der Waals surface area contributed by atoms with E-state index in [4.69, 9.17) is 18.9 Å². The minimum absolute atomic E-state index is 0.0591. The first kappa shape index (κ1) is 15.3. The zero-order valence-electron chi connectivity index (χ0n) is 15.2. The Hall–Kier alpha value is -2.73. The molecular formula is C21H19NO5. The fraction of sp³-hybridized carbons (Fsp3) is 0.381. The van der Waals surface area contributed by atoms with Gasteiger partial charge in [0.1, 0.15) is 5.78 Å². The minimum atomic E-state index is -0.649. The summed E-state index contributed by atoms with van der Waals surface area (Å²) in [6.07, 6.45) is 0.390. The third-order valence-corrected chi connectivity index (χ3v) is 6.46. The molecule has 3 heterocycles. The van der Waals surface area contributed by atoms with Crippen molar-refractivity contribution >= 4 is 5.78 Å². The van der Waals surface area contributed by atoms with Crippen LogP contribution in [0.4, 0.5) is 0 Å². The number of hydrogen-bond donors (Lipinski definition) is 0. The number of ketones is 1. The maximum absolute atomic E-state index is 13.5. The van der Waals surface area contributed by atoms with Crippen molar-refractivity contribution in [3.05, 3.63) is 46.5 Å². The number of ether oxygens (including phenoxy) is 4. The molecule has 4 aliphatic rings. The van der Waals surface area contributed by atoms with Crippen LogP contribution >= 0.6 is 0 Å². The third kappa shape index (κ3) is 1.81. The smallest absolute Gasteiger partial charge is 0.231 e. The fourth-order valence-corrected chi connectivity index (χ4v) is 5.22. The lowest BCUT2D eigenvalue weighted by atomic mass is 9.61. The lowest BCUT2D eigenvalue weighted by Crippen LogP contribution is -2.53. The standard InChI is InChI=1S/C21H19NO5/c1-21-14-3-4-15-19(27-10-24-15)13(14)8-22(2)20(21)12-7-17-16(25-9-26-17)5-11(12)6-18(21)23/h3-5,7,20H,6,8-10H2,1-2H3. The molecule has 2 atom stereocenters. The van der Waals surface area contributed by atoms with Crippen LogP contribution in [0.5, 0.6) is 23.0 Å². The molecule has 0 spiro atoms. The van der Waals surface area contributed by atoms with Gasteiger partial charge in [0.15, 0.2) is 23.0 Å². The molecule has 0 aromatic heterocycles. The summed E-state index contributed by atoms with van der Waals surface area (Å²) >= 11 is 0. The average Bonchev–Trinajstić information content (AvgIpc) is 3.29. The van der Waals surface area contributed by atoms with Crippen LogP contribution in [0.1, 0.15) is 35.2 Å². The summed E-state index contributed by atoms with van der Waals surface area (Å²) < 4.78 is 22.4. The van der Waals surface area contributed by atoms with Crippen molar-refractivity contribution in [2.45, 2.75) is 31.3 Å². The van der Waals surface area contributed by atoms with Crippen molar-refractivity contribution in [1.82, 2.24) is 4.90 Å². The summed E-state index contributed by atoms with van der Waals surface area (Å²) in [7, 11) is 2.06. The number of nitrogens with zero attached hydrogens (tertiary/aromatic N) is 1. The van der Waals surface area contributed by atoms with E-state index in [1.807, 2.05) is 18.2 Å². The molecule has 6 rings (SSSR count). The van der Waals surface area contributed by atoms with Gasteiger partial charge < -0.3 is 18.9 Å².